The van der Waals surface area contributed by atoms with E-state index in [2.05, 4.69) is 37.3 Å². The average Bonchev–Trinajstić information content (AvgIpc) is 3.00. The van der Waals surface area contributed by atoms with E-state index in [0.717, 1.165) is 19.5 Å². The zero-order valence-electron chi connectivity index (χ0n) is 10.7. The Morgan fingerprint density at radius 2 is 2.26 bits per heavy atom. The molecular formula is C11H16N8. The fraction of sp³-hybridized carbons (Fsp3) is 0.455. The molecular weight excluding hydrogens is 244 g/mol. The number of aromatic nitrogens is 5. The van der Waals surface area contributed by atoms with Crippen molar-refractivity contribution < 1.29 is 0 Å². The van der Waals surface area contributed by atoms with Crippen LogP contribution in [-0.4, -0.2) is 55.8 Å². The summed E-state index contributed by atoms with van der Waals surface area (Å²) in [6, 6.07) is 2.15. The predicted molar refractivity (Wildman–Crippen MR) is 70.9 cm³/mol. The topological polar surface area (TPSA) is 97.8 Å². The summed E-state index contributed by atoms with van der Waals surface area (Å²) in [4.78, 5) is 14.8. The zero-order chi connectivity index (χ0) is 13.2. The molecule has 0 aliphatic carbocycles. The molecule has 1 aliphatic heterocycles. The Labute approximate surface area is 110 Å². The lowest BCUT2D eigenvalue weighted by atomic mass is 10.3. The number of likely N-dealkylation sites (tertiary alicyclic amines) is 1. The summed E-state index contributed by atoms with van der Waals surface area (Å²) < 4.78 is 1.56. The number of anilines is 2. The third kappa shape index (κ3) is 2.63. The van der Waals surface area contributed by atoms with E-state index in [9.17, 15) is 0 Å². The van der Waals surface area contributed by atoms with Gasteiger partial charge in [0.1, 0.15) is 0 Å². The molecule has 1 unspecified atom stereocenters. The predicted octanol–water partition coefficient (Wildman–Crippen LogP) is -0.244. The molecule has 0 radical (unpaired) electrons. The maximum absolute atomic E-state index is 5.71. The summed E-state index contributed by atoms with van der Waals surface area (Å²) in [5.41, 5.74) is 5.71. The van der Waals surface area contributed by atoms with Crippen molar-refractivity contribution in [3.63, 3.8) is 0 Å². The third-order valence-electron chi connectivity index (χ3n) is 3.07. The van der Waals surface area contributed by atoms with Gasteiger partial charge in [0.25, 0.3) is 5.95 Å². The van der Waals surface area contributed by atoms with Crippen molar-refractivity contribution in [2.75, 3.05) is 31.2 Å². The lowest BCUT2D eigenvalue weighted by Crippen LogP contribution is -2.25. The van der Waals surface area contributed by atoms with Crippen molar-refractivity contribution in [3.05, 3.63) is 18.5 Å². The smallest absolute Gasteiger partial charge is 0.257 e. The molecule has 3 N–H and O–H groups in total. The second-order valence-corrected chi connectivity index (χ2v) is 4.66. The van der Waals surface area contributed by atoms with Crippen LogP contribution >= 0.6 is 0 Å². The Bertz CT molecular complexity index is 552. The molecule has 0 spiro atoms. The Morgan fingerprint density at radius 1 is 1.37 bits per heavy atom. The molecule has 100 valence electrons. The van der Waals surface area contributed by atoms with Gasteiger partial charge in [0.2, 0.25) is 11.9 Å². The van der Waals surface area contributed by atoms with Crippen molar-refractivity contribution in [1.82, 2.24) is 29.6 Å². The van der Waals surface area contributed by atoms with Gasteiger partial charge in [0.15, 0.2) is 0 Å². The van der Waals surface area contributed by atoms with E-state index in [0.29, 0.717) is 17.9 Å². The van der Waals surface area contributed by atoms with Gasteiger partial charge in [-0.3, -0.25) is 0 Å². The van der Waals surface area contributed by atoms with E-state index < -0.39 is 0 Å². The van der Waals surface area contributed by atoms with Crippen LogP contribution in [0.25, 0.3) is 5.95 Å². The van der Waals surface area contributed by atoms with Gasteiger partial charge in [-0.25, -0.2) is 4.68 Å². The summed E-state index contributed by atoms with van der Waals surface area (Å²) in [6.07, 6.45) is 4.50. The number of nitrogens with one attached hydrogen (secondary N) is 1. The quantitative estimate of drug-likeness (QED) is 0.785. The molecule has 3 heterocycles. The van der Waals surface area contributed by atoms with Crippen LogP contribution in [0, 0.1) is 0 Å². The minimum absolute atomic E-state index is 0.189. The molecule has 0 aromatic carbocycles. The highest BCUT2D eigenvalue weighted by Gasteiger charge is 2.20. The first-order valence-electron chi connectivity index (χ1n) is 6.17. The number of nitrogens with two attached hydrogens (primary N) is 1. The first kappa shape index (κ1) is 11.8. The van der Waals surface area contributed by atoms with Crippen molar-refractivity contribution in [1.29, 1.82) is 0 Å². The van der Waals surface area contributed by atoms with Gasteiger partial charge in [-0.1, -0.05) is 0 Å². The van der Waals surface area contributed by atoms with Gasteiger partial charge in [-0.2, -0.15) is 20.1 Å². The fourth-order valence-electron chi connectivity index (χ4n) is 2.17. The second kappa shape index (κ2) is 4.81. The number of hydrogen-bond acceptors (Lipinski definition) is 7. The van der Waals surface area contributed by atoms with Crippen molar-refractivity contribution >= 4 is 11.9 Å². The SMILES string of the molecule is CN1CCC(Nc2nc(N)nc(-n3cccn3)n2)C1. The van der Waals surface area contributed by atoms with E-state index in [1.165, 1.54) is 0 Å². The van der Waals surface area contributed by atoms with Gasteiger partial charge >= 0.3 is 0 Å². The fourth-order valence-corrected chi connectivity index (χ4v) is 2.17. The van der Waals surface area contributed by atoms with Crippen LogP contribution in [0.2, 0.25) is 0 Å². The van der Waals surface area contributed by atoms with Crippen LogP contribution in [-0.2, 0) is 0 Å². The molecule has 19 heavy (non-hydrogen) atoms. The highest BCUT2D eigenvalue weighted by atomic mass is 15.4. The van der Waals surface area contributed by atoms with Gasteiger partial charge in [0.05, 0.1) is 0 Å². The molecule has 2 aromatic heterocycles. The molecule has 1 fully saturated rings. The van der Waals surface area contributed by atoms with Crippen molar-refractivity contribution in [2.45, 2.75) is 12.5 Å². The van der Waals surface area contributed by atoms with Gasteiger partial charge in [-0.15, -0.1) is 0 Å². The Morgan fingerprint density at radius 3 is 2.95 bits per heavy atom. The van der Waals surface area contributed by atoms with Crippen molar-refractivity contribution in [3.8, 4) is 5.95 Å². The molecule has 1 aliphatic rings. The molecule has 8 heteroatoms. The van der Waals surface area contributed by atoms with Crippen LogP contribution in [0.5, 0.6) is 0 Å². The van der Waals surface area contributed by atoms with E-state index in [-0.39, 0.29) is 5.95 Å². The van der Waals surface area contributed by atoms with Crippen LogP contribution in [0.3, 0.4) is 0 Å². The zero-order valence-corrected chi connectivity index (χ0v) is 10.7. The Kier molecular flexibility index (Phi) is 3.00. The maximum atomic E-state index is 5.71. The lowest BCUT2D eigenvalue weighted by Gasteiger charge is -2.13. The summed E-state index contributed by atoms with van der Waals surface area (Å²) in [7, 11) is 2.10. The first-order chi connectivity index (χ1) is 9.20. The summed E-state index contributed by atoms with van der Waals surface area (Å²) in [5, 5.41) is 7.37. The van der Waals surface area contributed by atoms with Crippen molar-refractivity contribution in [2.24, 2.45) is 0 Å². The van der Waals surface area contributed by atoms with Crippen LogP contribution in [0.4, 0.5) is 11.9 Å². The number of nitrogen functional groups attached to an aromatic ring is 1. The number of hydrogen-bond donors (Lipinski definition) is 2. The highest BCUT2D eigenvalue weighted by molar-refractivity contribution is 5.35. The van der Waals surface area contributed by atoms with Crippen LogP contribution < -0.4 is 11.1 Å². The largest absolute Gasteiger partial charge is 0.368 e. The van der Waals surface area contributed by atoms with E-state index in [1.807, 2.05) is 0 Å². The van der Waals surface area contributed by atoms with Crippen LogP contribution in [0.15, 0.2) is 18.5 Å². The lowest BCUT2D eigenvalue weighted by molar-refractivity contribution is 0.414. The van der Waals surface area contributed by atoms with E-state index >= 15 is 0 Å². The third-order valence-corrected chi connectivity index (χ3v) is 3.07. The van der Waals surface area contributed by atoms with Crippen LogP contribution in [0.1, 0.15) is 6.42 Å². The molecule has 1 atom stereocenters. The Balaban J connectivity index is 1.82. The van der Waals surface area contributed by atoms with Gasteiger partial charge < -0.3 is 16.0 Å². The molecule has 2 aromatic rings. The molecule has 8 nitrogen and oxygen atoms in total. The molecule has 0 bridgehead atoms. The highest BCUT2D eigenvalue weighted by Crippen LogP contribution is 2.13. The normalized spacial score (nSPS) is 19.7. The average molecular weight is 260 g/mol. The molecule has 1 saturated heterocycles. The summed E-state index contributed by atoms with van der Waals surface area (Å²) in [5.74, 6) is 1.11. The Hall–Kier alpha value is -2.22. The number of rotatable bonds is 3. The van der Waals surface area contributed by atoms with Gasteiger partial charge in [0, 0.05) is 25.0 Å². The molecule has 0 amide bonds. The molecule has 3 rings (SSSR count). The second-order valence-electron chi connectivity index (χ2n) is 4.66. The molecule has 0 saturated carbocycles. The maximum Gasteiger partial charge on any atom is 0.257 e. The standard InChI is InChI=1S/C11H16N8/c1-18-6-3-8(7-18)14-10-15-9(12)16-11(17-10)19-5-2-4-13-19/h2,4-5,8H,3,6-7H2,1H3,(H3,12,14,15,16,17). The first-order valence-corrected chi connectivity index (χ1v) is 6.17. The minimum atomic E-state index is 0.189. The minimum Gasteiger partial charge on any atom is -0.368 e. The summed E-state index contributed by atoms with van der Waals surface area (Å²) in [6.45, 7) is 2.05. The van der Waals surface area contributed by atoms with E-state index in [1.54, 1.807) is 23.1 Å². The summed E-state index contributed by atoms with van der Waals surface area (Å²) >= 11 is 0. The van der Waals surface area contributed by atoms with Gasteiger partial charge in [-0.05, 0) is 26.1 Å². The van der Waals surface area contributed by atoms with E-state index in [4.69, 9.17) is 5.73 Å². The monoisotopic (exact) mass is 260 g/mol. The number of nitrogens with zero attached hydrogens (tertiary/aromatic N) is 6. The number of likely N-dealkylation sites (N-methyl/N-ethyl adjacent to an activating group) is 1.